The maximum absolute atomic E-state index is 12.3. The summed E-state index contributed by atoms with van der Waals surface area (Å²) in [6.45, 7) is 7.64. The number of amides is 1. The van der Waals surface area contributed by atoms with Gasteiger partial charge in [-0.15, -0.1) is 0 Å². The monoisotopic (exact) mass is 255 g/mol. The lowest BCUT2D eigenvalue weighted by Crippen LogP contribution is -2.52. The molecule has 2 aliphatic rings. The van der Waals surface area contributed by atoms with Gasteiger partial charge in [-0.25, -0.2) is 0 Å². The van der Waals surface area contributed by atoms with Crippen molar-refractivity contribution in [1.29, 1.82) is 0 Å². The number of carbonyl (C=O) groups excluding carboxylic acids is 1. The van der Waals surface area contributed by atoms with Crippen LogP contribution < -0.4 is 5.73 Å². The van der Waals surface area contributed by atoms with Crippen molar-refractivity contribution in [3.05, 3.63) is 0 Å². The van der Waals surface area contributed by atoms with Gasteiger partial charge in [0, 0.05) is 25.7 Å². The first kappa shape index (κ1) is 13.8. The minimum absolute atomic E-state index is 0.140. The van der Waals surface area contributed by atoms with E-state index in [2.05, 4.69) is 4.90 Å². The number of carbonyl (C=O) groups is 1. The minimum atomic E-state index is 0.140. The molecule has 3 unspecified atom stereocenters. The lowest BCUT2D eigenvalue weighted by Gasteiger charge is -2.36. The molecule has 0 spiro atoms. The third-order valence-corrected chi connectivity index (χ3v) is 3.88. The molecule has 3 atom stereocenters. The van der Waals surface area contributed by atoms with Crippen LogP contribution in [0.5, 0.6) is 0 Å². The Morgan fingerprint density at radius 3 is 2.61 bits per heavy atom. The molecule has 0 aromatic rings. The second-order valence-corrected chi connectivity index (χ2v) is 5.56. The topological polar surface area (TPSA) is 58.8 Å². The fourth-order valence-electron chi connectivity index (χ4n) is 3.03. The molecule has 5 nitrogen and oxygen atoms in total. The van der Waals surface area contributed by atoms with Gasteiger partial charge in [0.1, 0.15) is 0 Å². The zero-order valence-corrected chi connectivity index (χ0v) is 11.5. The maximum Gasteiger partial charge on any atom is 0.236 e. The van der Waals surface area contributed by atoms with Crippen molar-refractivity contribution in [2.24, 2.45) is 5.73 Å². The van der Waals surface area contributed by atoms with Crippen LogP contribution in [0.25, 0.3) is 0 Å². The Morgan fingerprint density at radius 2 is 2.00 bits per heavy atom. The van der Waals surface area contributed by atoms with Crippen molar-refractivity contribution >= 4 is 5.91 Å². The highest BCUT2D eigenvalue weighted by Crippen LogP contribution is 2.17. The van der Waals surface area contributed by atoms with E-state index in [9.17, 15) is 4.79 Å². The van der Waals surface area contributed by atoms with Gasteiger partial charge in [-0.1, -0.05) is 0 Å². The number of nitrogens with zero attached hydrogens (tertiary/aromatic N) is 2. The van der Waals surface area contributed by atoms with Gasteiger partial charge in [-0.05, 0) is 33.2 Å². The van der Waals surface area contributed by atoms with Crippen LogP contribution in [0.2, 0.25) is 0 Å². The highest BCUT2D eigenvalue weighted by atomic mass is 16.5. The van der Waals surface area contributed by atoms with E-state index >= 15 is 0 Å². The van der Waals surface area contributed by atoms with Crippen molar-refractivity contribution < 1.29 is 9.53 Å². The molecule has 2 N–H and O–H groups in total. The van der Waals surface area contributed by atoms with Gasteiger partial charge in [0.05, 0.1) is 18.8 Å². The molecule has 0 bridgehead atoms. The molecule has 2 saturated heterocycles. The number of hydrogen-bond acceptors (Lipinski definition) is 4. The summed E-state index contributed by atoms with van der Waals surface area (Å²) < 4.78 is 5.65. The first-order valence-electron chi connectivity index (χ1n) is 6.97. The molecule has 2 aliphatic heterocycles. The van der Waals surface area contributed by atoms with Gasteiger partial charge in [0.25, 0.3) is 0 Å². The normalized spacial score (nSPS) is 33.9. The molecular weight excluding hydrogens is 230 g/mol. The first-order chi connectivity index (χ1) is 8.60. The SMILES string of the molecule is CC1CN(C(=O)CN2CCCC2CN)CC(C)O1. The number of likely N-dealkylation sites (tertiary alicyclic amines) is 1. The molecule has 2 rings (SSSR count). The van der Waals surface area contributed by atoms with Crippen LogP contribution in [0, 0.1) is 0 Å². The van der Waals surface area contributed by atoms with Crippen molar-refractivity contribution in [2.75, 3.05) is 32.7 Å². The fraction of sp³-hybridized carbons (Fsp3) is 0.923. The number of rotatable bonds is 3. The van der Waals surface area contributed by atoms with Crippen molar-refractivity contribution in [3.63, 3.8) is 0 Å². The average molecular weight is 255 g/mol. The Bertz CT molecular complexity index is 288. The van der Waals surface area contributed by atoms with Crippen LogP contribution in [0.1, 0.15) is 26.7 Å². The van der Waals surface area contributed by atoms with Gasteiger partial charge in [0.2, 0.25) is 5.91 Å². The molecule has 18 heavy (non-hydrogen) atoms. The number of ether oxygens (including phenoxy) is 1. The van der Waals surface area contributed by atoms with Crippen LogP contribution in [0.4, 0.5) is 0 Å². The minimum Gasteiger partial charge on any atom is -0.372 e. The summed E-state index contributed by atoms with van der Waals surface area (Å²) in [6, 6.07) is 0.393. The Morgan fingerprint density at radius 1 is 1.33 bits per heavy atom. The fourth-order valence-corrected chi connectivity index (χ4v) is 3.03. The smallest absolute Gasteiger partial charge is 0.236 e. The lowest BCUT2D eigenvalue weighted by molar-refractivity contribution is -0.144. The molecule has 104 valence electrons. The Balaban J connectivity index is 1.87. The van der Waals surface area contributed by atoms with Crippen molar-refractivity contribution in [1.82, 2.24) is 9.80 Å². The van der Waals surface area contributed by atoms with E-state index in [1.807, 2.05) is 18.7 Å². The second kappa shape index (κ2) is 5.99. The zero-order valence-electron chi connectivity index (χ0n) is 11.5. The predicted octanol–water partition coefficient (Wildman–Crippen LogP) is 0.0453. The van der Waals surface area contributed by atoms with Gasteiger partial charge >= 0.3 is 0 Å². The number of nitrogens with two attached hydrogens (primary N) is 1. The van der Waals surface area contributed by atoms with Gasteiger partial charge < -0.3 is 15.4 Å². The average Bonchev–Trinajstić information content (AvgIpc) is 2.75. The Hall–Kier alpha value is -0.650. The van der Waals surface area contributed by atoms with Crippen LogP contribution in [-0.4, -0.2) is 66.7 Å². The third-order valence-electron chi connectivity index (χ3n) is 3.88. The predicted molar refractivity (Wildman–Crippen MR) is 70.2 cm³/mol. The summed E-state index contributed by atoms with van der Waals surface area (Å²) in [7, 11) is 0. The molecule has 0 aromatic carbocycles. The highest BCUT2D eigenvalue weighted by molar-refractivity contribution is 5.78. The molecule has 0 aliphatic carbocycles. The summed E-state index contributed by atoms with van der Waals surface area (Å²) in [6.07, 6.45) is 2.56. The largest absolute Gasteiger partial charge is 0.372 e. The highest BCUT2D eigenvalue weighted by Gasteiger charge is 2.30. The molecule has 1 amide bonds. The number of hydrogen-bond donors (Lipinski definition) is 1. The van der Waals surface area contributed by atoms with E-state index < -0.39 is 0 Å². The van der Waals surface area contributed by atoms with Gasteiger partial charge in [0.15, 0.2) is 0 Å². The van der Waals surface area contributed by atoms with Gasteiger partial charge in [-0.3, -0.25) is 9.69 Å². The Kier molecular flexibility index (Phi) is 4.59. The quantitative estimate of drug-likeness (QED) is 0.774. The second-order valence-electron chi connectivity index (χ2n) is 5.56. The number of morpholine rings is 1. The van der Waals surface area contributed by atoms with E-state index in [1.54, 1.807) is 0 Å². The van der Waals surface area contributed by atoms with Crippen molar-refractivity contribution in [3.8, 4) is 0 Å². The lowest BCUT2D eigenvalue weighted by atomic mass is 10.2. The van der Waals surface area contributed by atoms with Crippen LogP contribution >= 0.6 is 0 Å². The molecule has 5 heteroatoms. The van der Waals surface area contributed by atoms with E-state index in [1.165, 1.54) is 0 Å². The molecular formula is C13H25N3O2. The molecule has 2 heterocycles. The summed E-state index contributed by atoms with van der Waals surface area (Å²) in [4.78, 5) is 16.5. The van der Waals surface area contributed by atoms with E-state index in [0.717, 1.165) is 19.4 Å². The van der Waals surface area contributed by atoms with Gasteiger partial charge in [-0.2, -0.15) is 0 Å². The maximum atomic E-state index is 12.3. The Labute approximate surface area is 109 Å². The van der Waals surface area contributed by atoms with Crippen LogP contribution in [-0.2, 0) is 9.53 Å². The summed E-state index contributed by atoms with van der Waals surface area (Å²) in [5, 5.41) is 0. The van der Waals surface area contributed by atoms with E-state index in [-0.39, 0.29) is 18.1 Å². The summed E-state index contributed by atoms with van der Waals surface area (Å²) in [5.41, 5.74) is 5.74. The first-order valence-corrected chi connectivity index (χ1v) is 6.97. The van der Waals surface area contributed by atoms with Crippen LogP contribution in [0.3, 0.4) is 0 Å². The standard InChI is InChI=1S/C13H25N3O2/c1-10-7-16(8-11(2)18-10)13(17)9-15-5-3-4-12(15)6-14/h10-12H,3-9,14H2,1-2H3. The molecule has 0 saturated carbocycles. The van der Waals surface area contributed by atoms with E-state index in [0.29, 0.717) is 32.2 Å². The third kappa shape index (κ3) is 3.22. The zero-order chi connectivity index (χ0) is 13.1. The summed E-state index contributed by atoms with van der Waals surface area (Å²) >= 11 is 0. The van der Waals surface area contributed by atoms with Crippen molar-refractivity contribution in [2.45, 2.75) is 44.9 Å². The molecule has 0 aromatic heterocycles. The van der Waals surface area contributed by atoms with Crippen LogP contribution in [0.15, 0.2) is 0 Å². The van der Waals surface area contributed by atoms with E-state index in [4.69, 9.17) is 10.5 Å². The molecule has 2 fully saturated rings. The summed E-state index contributed by atoms with van der Waals surface area (Å²) in [5.74, 6) is 0.220. The molecule has 0 radical (unpaired) electrons.